The lowest BCUT2D eigenvalue weighted by atomic mass is 9.49. The Kier molecular flexibility index (Phi) is 3.72. The van der Waals surface area contributed by atoms with Crippen molar-refractivity contribution in [3.8, 4) is 0 Å². The summed E-state index contributed by atoms with van der Waals surface area (Å²) in [5.41, 5.74) is 0.375. The fourth-order valence-electron chi connectivity index (χ4n) is 6.42. The van der Waals surface area contributed by atoms with Crippen molar-refractivity contribution in [1.82, 2.24) is 4.90 Å². The summed E-state index contributed by atoms with van der Waals surface area (Å²) in [6.45, 7) is 0.947. The van der Waals surface area contributed by atoms with Gasteiger partial charge in [-0.05, 0) is 81.0 Å². The van der Waals surface area contributed by atoms with Crippen molar-refractivity contribution in [3.63, 3.8) is 0 Å². The molecule has 0 aromatic rings. The summed E-state index contributed by atoms with van der Waals surface area (Å²) in [4.78, 5) is 15.1. The molecule has 5 aliphatic rings. The lowest BCUT2D eigenvalue weighted by molar-refractivity contribution is -0.142. The zero-order valence-corrected chi connectivity index (χ0v) is 13.8. The third kappa shape index (κ3) is 2.62. The lowest BCUT2D eigenvalue weighted by Crippen LogP contribution is -2.51. The van der Waals surface area contributed by atoms with Gasteiger partial charge in [-0.25, -0.2) is 0 Å². The Labute approximate surface area is 133 Å². The van der Waals surface area contributed by atoms with E-state index in [9.17, 15) is 4.79 Å². The van der Waals surface area contributed by atoms with Crippen LogP contribution in [-0.2, 0) is 4.79 Å². The molecule has 0 radical (unpaired) electrons. The van der Waals surface area contributed by atoms with Gasteiger partial charge in [-0.2, -0.15) is 0 Å². The summed E-state index contributed by atoms with van der Waals surface area (Å²) in [7, 11) is 0. The van der Waals surface area contributed by atoms with Gasteiger partial charge in [-0.15, -0.1) is 11.6 Å². The fourth-order valence-corrected chi connectivity index (χ4v) is 6.74. The van der Waals surface area contributed by atoms with Gasteiger partial charge in [-0.3, -0.25) is 4.79 Å². The highest BCUT2D eigenvalue weighted by Crippen LogP contribution is 2.61. The molecule has 1 amide bonds. The smallest absolute Gasteiger partial charge is 0.223 e. The van der Waals surface area contributed by atoms with Crippen LogP contribution in [0.1, 0.15) is 64.2 Å². The zero-order valence-electron chi connectivity index (χ0n) is 13.0. The molecule has 0 N–H and O–H groups in total. The molecule has 1 saturated heterocycles. The van der Waals surface area contributed by atoms with Crippen LogP contribution in [0.15, 0.2) is 0 Å². The molecule has 2 nitrogen and oxygen atoms in total. The van der Waals surface area contributed by atoms with E-state index in [2.05, 4.69) is 4.90 Å². The van der Waals surface area contributed by atoms with E-state index in [0.29, 0.717) is 23.2 Å². The summed E-state index contributed by atoms with van der Waals surface area (Å²) in [5, 5.41) is 0. The van der Waals surface area contributed by atoms with Gasteiger partial charge < -0.3 is 4.90 Å². The predicted octanol–water partition coefficient (Wildman–Crippen LogP) is 4.21. The Morgan fingerprint density at radius 2 is 1.67 bits per heavy atom. The van der Waals surface area contributed by atoms with Crippen LogP contribution in [0, 0.1) is 23.2 Å². The number of piperidine rings is 1. The molecule has 21 heavy (non-hydrogen) atoms. The molecule has 0 spiro atoms. The van der Waals surface area contributed by atoms with Crippen LogP contribution in [-0.4, -0.2) is 29.3 Å². The molecule has 4 bridgehead atoms. The van der Waals surface area contributed by atoms with E-state index < -0.39 is 0 Å². The fraction of sp³-hybridized carbons (Fsp3) is 0.944. The number of carbonyl (C=O) groups excluding carboxylic acids is 1. The van der Waals surface area contributed by atoms with Crippen LogP contribution >= 0.6 is 11.6 Å². The van der Waals surface area contributed by atoms with Crippen molar-refractivity contribution in [1.29, 1.82) is 0 Å². The van der Waals surface area contributed by atoms with Gasteiger partial charge in [0.15, 0.2) is 0 Å². The van der Waals surface area contributed by atoms with E-state index in [0.717, 1.165) is 37.1 Å². The summed E-state index contributed by atoms with van der Waals surface area (Å²) in [6.07, 6.45) is 12.7. The van der Waals surface area contributed by atoms with E-state index in [4.69, 9.17) is 11.6 Å². The second-order valence-corrected chi connectivity index (χ2v) is 8.79. The average Bonchev–Trinajstić information content (AvgIpc) is 2.45. The van der Waals surface area contributed by atoms with E-state index in [1.54, 1.807) is 0 Å². The minimum Gasteiger partial charge on any atom is -0.339 e. The van der Waals surface area contributed by atoms with Gasteiger partial charge in [0.1, 0.15) is 0 Å². The number of rotatable bonds is 3. The number of nitrogens with zero attached hydrogens (tertiary/aromatic N) is 1. The first-order chi connectivity index (χ1) is 10.2. The summed E-state index contributed by atoms with van der Waals surface area (Å²) < 4.78 is 0. The molecule has 3 heteroatoms. The number of hydrogen-bond acceptors (Lipinski definition) is 1. The maximum absolute atomic E-state index is 12.9. The monoisotopic (exact) mass is 309 g/mol. The first-order valence-electron chi connectivity index (χ1n) is 9.03. The van der Waals surface area contributed by atoms with Crippen molar-refractivity contribution < 1.29 is 4.79 Å². The van der Waals surface area contributed by atoms with Crippen LogP contribution < -0.4 is 0 Å². The highest BCUT2D eigenvalue weighted by atomic mass is 35.5. The maximum Gasteiger partial charge on any atom is 0.223 e. The minimum atomic E-state index is 0.307. The molecule has 5 rings (SSSR count). The molecule has 1 aliphatic heterocycles. The van der Waals surface area contributed by atoms with E-state index >= 15 is 0 Å². The standard InChI is InChI=1S/C18H28ClNO/c19-12-16-3-1-2-4-20(16)17(21)11-18-8-13-5-14(9-18)7-15(6-13)10-18/h13-16H,1-12H2. The molecular weight excluding hydrogens is 282 g/mol. The number of likely N-dealkylation sites (tertiary alicyclic amines) is 1. The first-order valence-corrected chi connectivity index (χ1v) is 9.56. The van der Waals surface area contributed by atoms with Gasteiger partial charge in [-0.1, -0.05) is 0 Å². The van der Waals surface area contributed by atoms with E-state index in [-0.39, 0.29) is 0 Å². The van der Waals surface area contributed by atoms with Gasteiger partial charge in [0.25, 0.3) is 0 Å². The Hall–Kier alpha value is -0.240. The Balaban J connectivity index is 1.46. The molecule has 4 aliphatic carbocycles. The highest BCUT2D eigenvalue weighted by molar-refractivity contribution is 6.18. The first kappa shape index (κ1) is 14.4. The molecule has 0 aromatic carbocycles. The molecule has 4 saturated carbocycles. The molecular formula is C18H28ClNO. The predicted molar refractivity (Wildman–Crippen MR) is 85.3 cm³/mol. The van der Waals surface area contributed by atoms with Gasteiger partial charge in [0.05, 0.1) is 0 Å². The van der Waals surface area contributed by atoms with Crippen molar-refractivity contribution >= 4 is 17.5 Å². The van der Waals surface area contributed by atoms with Crippen molar-refractivity contribution in [2.24, 2.45) is 23.2 Å². The third-order valence-electron chi connectivity index (χ3n) is 6.82. The lowest BCUT2D eigenvalue weighted by Gasteiger charge is -2.57. The van der Waals surface area contributed by atoms with Crippen molar-refractivity contribution in [2.45, 2.75) is 70.3 Å². The topological polar surface area (TPSA) is 20.3 Å². The Morgan fingerprint density at radius 1 is 1.05 bits per heavy atom. The Bertz CT molecular complexity index is 386. The van der Waals surface area contributed by atoms with E-state index in [1.807, 2.05) is 0 Å². The molecule has 1 atom stereocenters. The average molecular weight is 310 g/mol. The highest BCUT2D eigenvalue weighted by Gasteiger charge is 2.51. The molecule has 1 unspecified atom stereocenters. The minimum absolute atomic E-state index is 0.307. The number of alkyl halides is 1. The number of halogens is 1. The van der Waals surface area contributed by atoms with Gasteiger partial charge in [0, 0.05) is 24.9 Å². The summed E-state index contributed by atoms with van der Waals surface area (Å²) >= 11 is 6.10. The molecule has 118 valence electrons. The SMILES string of the molecule is O=C(CC12CC3CC(CC(C3)C1)C2)N1CCCCC1CCl. The number of hydrogen-bond donors (Lipinski definition) is 0. The normalized spacial score (nSPS) is 45.1. The summed E-state index contributed by atoms with van der Waals surface area (Å²) in [6, 6.07) is 0.307. The Morgan fingerprint density at radius 3 is 2.24 bits per heavy atom. The maximum atomic E-state index is 12.9. The van der Waals surface area contributed by atoms with Crippen molar-refractivity contribution in [2.75, 3.05) is 12.4 Å². The summed E-state index contributed by atoms with van der Waals surface area (Å²) in [5.74, 6) is 3.85. The van der Waals surface area contributed by atoms with Crippen LogP contribution in [0.4, 0.5) is 0 Å². The number of carbonyl (C=O) groups is 1. The molecule has 5 fully saturated rings. The quantitative estimate of drug-likeness (QED) is 0.715. The second-order valence-electron chi connectivity index (χ2n) is 8.49. The molecule has 1 heterocycles. The van der Waals surface area contributed by atoms with Gasteiger partial charge >= 0.3 is 0 Å². The number of amides is 1. The largest absolute Gasteiger partial charge is 0.339 e. The van der Waals surface area contributed by atoms with Crippen LogP contribution in [0.3, 0.4) is 0 Å². The second kappa shape index (κ2) is 5.44. The van der Waals surface area contributed by atoms with Crippen LogP contribution in [0.5, 0.6) is 0 Å². The zero-order chi connectivity index (χ0) is 14.4. The third-order valence-corrected chi connectivity index (χ3v) is 7.17. The van der Waals surface area contributed by atoms with Gasteiger partial charge in [0.2, 0.25) is 5.91 Å². The van der Waals surface area contributed by atoms with Crippen LogP contribution in [0.2, 0.25) is 0 Å². The van der Waals surface area contributed by atoms with Crippen molar-refractivity contribution in [3.05, 3.63) is 0 Å². The van der Waals surface area contributed by atoms with E-state index in [1.165, 1.54) is 51.4 Å². The van der Waals surface area contributed by atoms with Crippen LogP contribution in [0.25, 0.3) is 0 Å². The molecule has 0 aromatic heterocycles.